The Labute approximate surface area is 104 Å². The fraction of sp³-hybridized carbons (Fsp3) is 0.455. The van der Waals surface area contributed by atoms with E-state index < -0.39 is 6.43 Å². The Morgan fingerprint density at radius 2 is 2.12 bits per heavy atom. The average Bonchev–Trinajstić information content (AvgIpc) is 2.21. The lowest BCUT2D eigenvalue weighted by Crippen LogP contribution is -2.31. The van der Waals surface area contributed by atoms with E-state index in [1.54, 1.807) is 18.2 Å². The Kier molecular flexibility index (Phi) is 5.61. The van der Waals surface area contributed by atoms with E-state index in [-0.39, 0.29) is 26.2 Å². The smallest absolute Gasteiger partial charge is 0.251 e. The van der Waals surface area contributed by atoms with E-state index in [2.05, 4.69) is 0 Å². The zero-order valence-electron chi connectivity index (χ0n) is 9.24. The number of halogens is 3. The van der Waals surface area contributed by atoms with Gasteiger partial charge < -0.3 is 10.8 Å². The Balaban J connectivity index is 2.71. The number of aliphatic hydroxyl groups excluding tert-OH is 1. The summed E-state index contributed by atoms with van der Waals surface area (Å²) in [7, 11) is 0. The molecule has 0 amide bonds. The molecule has 0 fully saturated rings. The Bertz CT molecular complexity index is 363. The first-order valence-corrected chi connectivity index (χ1v) is 5.56. The number of nitrogens with two attached hydrogens (primary N) is 1. The Morgan fingerprint density at radius 3 is 2.65 bits per heavy atom. The fourth-order valence-electron chi connectivity index (χ4n) is 1.50. The van der Waals surface area contributed by atoms with Gasteiger partial charge in [0.25, 0.3) is 6.43 Å². The highest BCUT2D eigenvalue weighted by molar-refractivity contribution is 6.31. The number of hydrogen-bond donors (Lipinski definition) is 2. The van der Waals surface area contributed by atoms with Crippen molar-refractivity contribution in [2.24, 2.45) is 0 Å². The van der Waals surface area contributed by atoms with Crippen LogP contribution in [0.15, 0.2) is 18.2 Å². The van der Waals surface area contributed by atoms with E-state index in [4.69, 9.17) is 22.4 Å². The van der Waals surface area contributed by atoms with Crippen LogP contribution in [0.4, 0.5) is 14.5 Å². The summed E-state index contributed by atoms with van der Waals surface area (Å²) in [6.45, 7) is -0.102. The summed E-state index contributed by atoms with van der Waals surface area (Å²) in [5.74, 6) is 0. The van der Waals surface area contributed by atoms with E-state index in [0.717, 1.165) is 5.56 Å². The van der Waals surface area contributed by atoms with E-state index in [1.165, 1.54) is 4.90 Å². The van der Waals surface area contributed by atoms with Crippen molar-refractivity contribution in [2.75, 3.05) is 25.4 Å². The number of benzene rings is 1. The summed E-state index contributed by atoms with van der Waals surface area (Å²) in [6.07, 6.45) is -2.44. The molecule has 3 nitrogen and oxygen atoms in total. The molecule has 0 bridgehead atoms. The van der Waals surface area contributed by atoms with Crippen molar-refractivity contribution in [3.8, 4) is 0 Å². The molecule has 0 aliphatic rings. The van der Waals surface area contributed by atoms with Crippen LogP contribution in [0, 0.1) is 0 Å². The number of hydrogen-bond acceptors (Lipinski definition) is 3. The van der Waals surface area contributed by atoms with Gasteiger partial charge in [-0.2, -0.15) is 0 Å². The van der Waals surface area contributed by atoms with Gasteiger partial charge in [0.2, 0.25) is 0 Å². The minimum atomic E-state index is -2.44. The lowest BCUT2D eigenvalue weighted by atomic mass is 10.2. The molecule has 6 heteroatoms. The van der Waals surface area contributed by atoms with Crippen LogP contribution in [0.25, 0.3) is 0 Å². The molecule has 0 aliphatic carbocycles. The third-order valence-electron chi connectivity index (χ3n) is 2.28. The normalized spacial score (nSPS) is 11.4. The third-order valence-corrected chi connectivity index (χ3v) is 2.64. The van der Waals surface area contributed by atoms with Crippen LogP contribution < -0.4 is 5.73 Å². The molecule has 0 unspecified atom stereocenters. The molecule has 0 saturated carbocycles. The minimum Gasteiger partial charge on any atom is -0.399 e. The summed E-state index contributed by atoms with van der Waals surface area (Å²) in [5.41, 5.74) is 6.79. The van der Waals surface area contributed by atoms with E-state index in [1.807, 2.05) is 0 Å². The van der Waals surface area contributed by atoms with Crippen molar-refractivity contribution in [3.63, 3.8) is 0 Å². The molecular formula is C11H15ClF2N2O. The second kappa shape index (κ2) is 6.74. The number of aliphatic hydroxyl groups is 1. The third kappa shape index (κ3) is 4.85. The number of nitrogen functional groups attached to an aromatic ring is 1. The van der Waals surface area contributed by atoms with Crippen LogP contribution in [0.3, 0.4) is 0 Å². The number of anilines is 1. The van der Waals surface area contributed by atoms with Gasteiger partial charge in [-0.3, -0.25) is 4.90 Å². The summed E-state index contributed by atoms with van der Waals surface area (Å²) in [5, 5.41) is 9.25. The molecule has 0 aliphatic heterocycles. The highest BCUT2D eigenvalue weighted by Gasteiger charge is 2.13. The molecule has 0 radical (unpaired) electrons. The molecule has 3 N–H and O–H groups in total. The molecule has 96 valence electrons. The molecule has 1 aromatic rings. The van der Waals surface area contributed by atoms with Crippen molar-refractivity contribution in [1.82, 2.24) is 4.90 Å². The van der Waals surface area contributed by atoms with Crippen molar-refractivity contribution in [2.45, 2.75) is 13.0 Å². The van der Waals surface area contributed by atoms with Crippen LogP contribution in [-0.4, -0.2) is 36.1 Å². The van der Waals surface area contributed by atoms with E-state index in [9.17, 15) is 8.78 Å². The SMILES string of the molecule is Nc1ccc(CN(CCO)CC(F)F)c(Cl)c1. The van der Waals surface area contributed by atoms with Crippen LogP contribution in [-0.2, 0) is 6.54 Å². The van der Waals surface area contributed by atoms with Crippen LogP contribution in [0.1, 0.15) is 5.56 Å². The maximum Gasteiger partial charge on any atom is 0.251 e. The molecule has 1 rings (SSSR count). The highest BCUT2D eigenvalue weighted by atomic mass is 35.5. The maximum atomic E-state index is 12.3. The van der Waals surface area contributed by atoms with Crippen LogP contribution in [0.5, 0.6) is 0 Å². The van der Waals surface area contributed by atoms with Gasteiger partial charge in [-0.15, -0.1) is 0 Å². The molecule has 17 heavy (non-hydrogen) atoms. The van der Waals surface area contributed by atoms with E-state index >= 15 is 0 Å². The first kappa shape index (κ1) is 14.2. The van der Waals surface area contributed by atoms with Gasteiger partial charge in [0.1, 0.15) is 0 Å². The zero-order valence-corrected chi connectivity index (χ0v) is 10.00. The summed E-state index contributed by atoms with van der Waals surface area (Å²) in [6, 6.07) is 4.95. The van der Waals surface area contributed by atoms with Gasteiger partial charge in [0.05, 0.1) is 13.2 Å². The Hall–Kier alpha value is -0.910. The van der Waals surface area contributed by atoms with Gasteiger partial charge in [-0.25, -0.2) is 8.78 Å². The van der Waals surface area contributed by atoms with Gasteiger partial charge in [0, 0.05) is 23.8 Å². The predicted molar refractivity (Wildman–Crippen MR) is 64.2 cm³/mol. The minimum absolute atomic E-state index is 0.167. The van der Waals surface area contributed by atoms with E-state index in [0.29, 0.717) is 10.7 Å². The van der Waals surface area contributed by atoms with Crippen molar-refractivity contribution >= 4 is 17.3 Å². The van der Waals surface area contributed by atoms with Crippen molar-refractivity contribution in [3.05, 3.63) is 28.8 Å². The number of alkyl halides is 2. The molecule has 0 heterocycles. The monoisotopic (exact) mass is 264 g/mol. The molecule has 1 aromatic carbocycles. The van der Waals surface area contributed by atoms with Gasteiger partial charge in [0.15, 0.2) is 0 Å². The summed E-state index contributed by atoms with van der Waals surface area (Å²) >= 11 is 5.95. The van der Waals surface area contributed by atoms with Crippen molar-refractivity contribution < 1.29 is 13.9 Å². The maximum absolute atomic E-state index is 12.3. The molecule has 0 spiro atoms. The first-order valence-electron chi connectivity index (χ1n) is 5.18. The van der Waals surface area contributed by atoms with Gasteiger partial charge in [-0.05, 0) is 17.7 Å². The largest absolute Gasteiger partial charge is 0.399 e. The molecule has 0 atom stereocenters. The summed E-state index contributed by atoms with van der Waals surface area (Å²) in [4.78, 5) is 1.45. The number of nitrogens with zero attached hydrogens (tertiary/aromatic N) is 1. The molecule has 0 saturated heterocycles. The second-order valence-corrected chi connectivity index (χ2v) is 4.11. The lowest BCUT2D eigenvalue weighted by molar-refractivity contribution is 0.0746. The molecule has 0 aromatic heterocycles. The fourth-order valence-corrected chi connectivity index (χ4v) is 1.75. The topological polar surface area (TPSA) is 49.5 Å². The molecular weight excluding hydrogens is 250 g/mol. The van der Waals surface area contributed by atoms with Gasteiger partial charge in [-0.1, -0.05) is 17.7 Å². The first-order chi connectivity index (χ1) is 8.02. The standard InChI is InChI=1S/C11H15ClF2N2O/c12-10-5-9(15)2-1-8(10)6-16(3-4-17)7-11(13)14/h1-2,5,11,17H,3-4,6-7,15H2. The van der Waals surface area contributed by atoms with Crippen molar-refractivity contribution in [1.29, 1.82) is 0 Å². The quantitative estimate of drug-likeness (QED) is 0.773. The van der Waals surface area contributed by atoms with Gasteiger partial charge >= 0.3 is 0 Å². The summed E-state index contributed by atoms with van der Waals surface area (Å²) < 4.78 is 24.6. The highest BCUT2D eigenvalue weighted by Crippen LogP contribution is 2.20. The second-order valence-electron chi connectivity index (χ2n) is 3.70. The average molecular weight is 265 g/mol. The Morgan fingerprint density at radius 1 is 1.41 bits per heavy atom. The van der Waals surface area contributed by atoms with Crippen LogP contribution in [0.2, 0.25) is 5.02 Å². The van der Waals surface area contributed by atoms with Crippen LogP contribution >= 0.6 is 11.6 Å². The number of rotatable bonds is 6. The zero-order chi connectivity index (χ0) is 12.8. The predicted octanol–water partition coefficient (Wildman–Crippen LogP) is 1.98. The lowest BCUT2D eigenvalue weighted by Gasteiger charge is -2.21.